The topological polar surface area (TPSA) is 67.5 Å². The summed E-state index contributed by atoms with van der Waals surface area (Å²) in [6.45, 7) is 8.57. The summed E-state index contributed by atoms with van der Waals surface area (Å²) in [5, 5.41) is 3.97. The molecule has 1 fully saturated rings. The van der Waals surface area contributed by atoms with Gasteiger partial charge in [-0.3, -0.25) is 9.80 Å². The summed E-state index contributed by atoms with van der Waals surface area (Å²) < 4.78 is 0. The highest BCUT2D eigenvalue weighted by atomic mass is 16.2. The van der Waals surface area contributed by atoms with E-state index in [9.17, 15) is 4.79 Å². The van der Waals surface area contributed by atoms with E-state index in [1.165, 1.54) is 0 Å². The number of aromatic amines is 1. The Kier molecular flexibility index (Phi) is 3.66. The number of nitrogens with zero attached hydrogens (tertiary/aromatic N) is 4. The molecule has 1 saturated heterocycles. The lowest BCUT2D eigenvalue weighted by molar-refractivity contribution is 0.137. The lowest BCUT2D eigenvalue weighted by Crippen LogP contribution is -2.54. The minimum absolute atomic E-state index is 0.0240. The SMILES string of the molecule is CCN1CCN(CN2C(=O)NCc3cnc4[nH]ccc4c32)CC1. The van der Waals surface area contributed by atoms with Crippen molar-refractivity contribution in [1.82, 2.24) is 25.1 Å². The molecule has 0 unspecified atom stereocenters. The van der Waals surface area contributed by atoms with E-state index < -0.39 is 0 Å². The monoisotopic (exact) mass is 314 g/mol. The molecule has 0 aliphatic carbocycles. The first-order valence-electron chi connectivity index (χ1n) is 8.21. The van der Waals surface area contributed by atoms with Gasteiger partial charge < -0.3 is 15.2 Å². The number of anilines is 1. The summed E-state index contributed by atoms with van der Waals surface area (Å²) in [7, 11) is 0. The second-order valence-corrected chi connectivity index (χ2v) is 6.15. The highest BCUT2D eigenvalue weighted by Crippen LogP contribution is 2.31. The van der Waals surface area contributed by atoms with Crippen molar-refractivity contribution in [2.45, 2.75) is 13.5 Å². The van der Waals surface area contributed by atoms with E-state index >= 15 is 0 Å². The molecule has 4 heterocycles. The van der Waals surface area contributed by atoms with E-state index in [0.29, 0.717) is 13.2 Å². The molecule has 0 bridgehead atoms. The molecule has 0 radical (unpaired) electrons. The Morgan fingerprint density at radius 1 is 1.22 bits per heavy atom. The minimum atomic E-state index is -0.0240. The largest absolute Gasteiger partial charge is 0.346 e. The van der Waals surface area contributed by atoms with Crippen LogP contribution in [0.1, 0.15) is 12.5 Å². The van der Waals surface area contributed by atoms with Gasteiger partial charge in [-0.1, -0.05) is 6.92 Å². The highest BCUT2D eigenvalue weighted by molar-refractivity contribution is 6.04. The van der Waals surface area contributed by atoms with Gasteiger partial charge >= 0.3 is 6.03 Å². The van der Waals surface area contributed by atoms with Crippen LogP contribution in [0.4, 0.5) is 10.5 Å². The number of carbonyl (C=O) groups excluding carboxylic acids is 1. The molecular formula is C16H22N6O. The Bertz CT molecular complexity index is 718. The fourth-order valence-corrected chi connectivity index (χ4v) is 3.43. The Labute approximate surface area is 135 Å². The normalized spacial score (nSPS) is 19.9. The predicted molar refractivity (Wildman–Crippen MR) is 89.4 cm³/mol. The number of aromatic nitrogens is 2. The van der Waals surface area contributed by atoms with Gasteiger partial charge in [-0.25, -0.2) is 9.78 Å². The van der Waals surface area contributed by atoms with Gasteiger partial charge in [-0.05, 0) is 12.6 Å². The minimum Gasteiger partial charge on any atom is -0.346 e. The fraction of sp³-hybridized carbons (Fsp3) is 0.500. The van der Waals surface area contributed by atoms with Crippen molar-refractivity contribution in [3.63, 3.8) is 0 Å². The van der Waals surface area contributed by atoms with Crippen molar-refractivity contribution in [2.75, 3.05) is 44.3 Å². The summed E-state index contributed by atoms with van der Waals surface area (Å²) in [6.07, 6.45) is 3.73. The molecule has 0 aromatic carbocycles. The maximum absolute atomic E-state index is 12.5. The molecule has 7 heteroatoms. The zero-order chi connectivity index (χ0) is 15.8. The third-order valence-electron chi connectivity index (χ3n) is 4.83. The first kappa shape index (κ1) is 14.5. The maximum atomic E-state index is 12.5. The van der Waals surface area contributed by atoms with Gasteiger partial charge in [0.25, 0.3) is 0 Å². The predicted octanol–water partition coefficient (Wildman–Crippen LogP) is 1.19. The number of fused-ring (bicyclic) bond motifs is 3. The molecule has 2 aromatic heterocycles. The first-order chi connectivity index (χ1) is 11.3. The summed E-state index contributed by atoms with van der Waals surface area (Å²) in [4.78, 5) is 26.7. The number of piperazine rings is 1. The van der Waals surface area contributed by atoms with Crippen LogP contribution in [-0.4, -0.2) is 65.2 Å². The van der Waals surface area contributed by atoms with E-state index in [2.05, 4.69) is 32.0 Å². The zero-order valence-electron chi connectivity index (χ0n) is 13.4. The van der Waals surface area contributed by atoms with E-state index in [-0.39, 0.29) is 6.03 Å². The second-order valence-electron chi connectivity index (χ2n) is 6.15. The summed E-state index contributed by atoms with van der Waals surface area (Å²) in [6, 6.07) is 1.98. The molecular weight excluding hydrogens is 292 g/mol. The van der Waals surface area contributed by atoms with Crippen molar-refractivity contribution < 1.29 is 4.79 Å². The number of pyridine rings is 1. The molecule has 4 rings (SSSR count). The molecule has 2 aliphatic heterocycles. The van der Waals surface area contributed by atoms with E-state index in [4.69, 9.17) is 0 Å². The van der Waals surface area contributed by atoms with E-state index in [1.807, 2.05) is 23.4 Å². The van der Waals surface area contributed by atoms with Crippen molar-refractivity contribution >= 4 is 22.8 Å². The lowest BCUT2D eigenvalue weighted by Gasteiger charge is -2.39. The molecule has 0 saturated carbocycles. The lowest BCUT2D eigenvalue weighted by atomic mass is 10.1. The molecule has 122 valence electrons. The smallest absolute Gasteiger partial charge is 0.323 e. The average Bonchev–Trinajstić information content (AvgIpc) is 3.06. The van der Waals surface area contributed by atoms with Crippen molar-refractivity contribution in [2.24, 2.45) is 0 Å². The quantitative estimate of drug-likeness (QED) is 0.893. The fourth-order valence-electron chi connectivity index (χ4n) is 3.43. The number of hydrogen-bond donors (Lipinski definition) is 2. The van der Waals surface area contributed by atoms with Crippen molar-refractivity contribution in [3.05, 3.63) is 24.0 Å². The number of amides is 2. The van der Waals surface area contributed by atoms with Crippen LogP contribution in [0.2, 0.25) is 0 Å². The van der Waals surface area contributed by atoms with Crippen LogP contribution in [0, 0.1) is 0 Å². The number of rotatable bonds is 3. The number of carbonyl (C=O) groups is 1. The summed E-state index contributed by atoms with van der Waals surface area (Å²) >= 11 is 0. The van der Waals surface area contributed by atoms with Crippen LogP contribution in [0.5, 0.6) is 0 Å². The Morgan fingerprint density at radius 2 is 2.00 bits per heavy atom. The van der Waals surface area contributed by atoms with Gasteiger partial charge in [-0.2, -0.15) is 0 Å². The molecule has 7 nitrogen and oxygen atoms in total. The summed E-state index contributed by atoms with van der Waals surface area (Å²) in [5.74, 6) is 0. The van der Waals surface area contributed by atoms with Crippen LogP contribution in [-0.2, 0) is 6.54 Å². The molecule has 23 heavy (non-hydrogen) atoms. The molecule has 2 amide bonds. The number of likely N-dealkylation sites (N-methyl/N-ethyl adjacent to an activating group) is 1. The van der Waals surface area contributed by atoms with Gasteiger partial charge in [0.1, 0.15) is 5.65 Å². The zero-order valence-corrected chi connectivity index (χ0v) is 13.4. The Hall–Kier alpha value is -2.12. The van der Waals surface area contributed by atoms with Crippen LogP contribution in [0.15, 0.2) is 18.5 Å². The molecule has 0 spiro atoms. The van der Waals surface area contributed by atoms with Gasteiger partial charge in [0.2, 0.25) is 0 Å². The molecule has 0 atom stereocenters. The second kappa shape index (κ2) is 5.82. The number of hydrogen-bond acceptors (Lipinski definition) is 4. The van der Waals surface area contributed by atoms with Crippen LogP contribution in [0.3, 0.4) is 0 Å². The van der Waals surface area contributed by atoms with E-state index in [1.54, 1.807) is 0 Å². The van der Waals surface area contributed by atoms with Gasteiger partial charge in [0.05, 0.1) is 12.4 Å². The van der Waals surface area contributed by atoms with Crippen LogP contribution in [0.25, 0.3) is 11.0 Å². The van der Waals surface area contributed by atoms with Gasteiger partial charge in [-0.15, -0.1) is 0 Å². The van der Waals surface area contributed by atoms with Gasteiger partial charge in [0.15, 0.2) is 0 Å². The maximum Gasteiger partial charge on any atom is 0.323 e. The number of urea groups is 1. The standard InChI is InChI=1S/C16H22N6O/c1-2-20-5-7-21(8-6-20)11-22-14-12(10-19-16(22)23)9-18-15-13(14)3-4-17-15/h3-4,9H,2,5-8,10-11H2,1H3,(H,17,18)(H,19,23). The molecule has 2 N–H and O–H groups in total. The van der Waals surface area contributed by atoms with Crippen LogP contribution < -0.4 is 10.2 Å². The highest BCUT2D eigenvalue weighted by Gasteiger charge is 2.29. The van der Waals surface area contributed by atoms with Crippen molar-refractivity contribution in [3.8, 4) is 0 Å². The molecule has 2 aromatic rings. The Morgan fingerprint density at radius 3 is 2.78 bits per heavy atom. The number of nitrogens with one attached hydrogen (secondary N) is 2. The van der Waals surface area contributed by atoms with Gasteiger partial charge in [0, 0.05) is 56.1 Å². The number of H-pyrrole nitrogens is 1. The Balaban J connectivity index is 1.62. The average molecular weight is 314 g/mol. The third-order valence-corrected chi connectivity index (χ3v) is 4.83. The van der Waals surface area contributed by atoms with E-state index in [0.717, 1.165) is 55.0 Å². The van der Waals surface area contributed by atoms with Crippen LogP contribution >= 0.6 is 0 Å². The third kappa shape index (κ3) is 2.55. The first-order valence-corrected chi connectivity index (χ1v) is 8.21. The van der Waals surface area contributed by atoms with Crippen molar-refractivity contribution in [1.29, 1.82) is 0 Å². The molecule has 2 aliphatic rings. The summed E-state index contributed by atoms with van der Waals surface area (Å²) in [5.41, 5.74) is 2.90.